The highest BCUT2D eigenvalue weighted by Crippen LogP contribution is 2.51. The topological polar surface area (TPSA) is 57.5 Å². The minimum atomic E-state index is -0.828. The lowest BCUT2D eigenvalue weighted by Gasteiger charge is -2.14. The molecular weight excluding hydrogens is 192 g/mol. The molecule has 3 heteroatoms. The number of carboxylic acid groups (broad SMARTS) is 1. The van der Waals surface area contributed by atoms with Crippen LogP contribution >= 0.6 is 0 Å². The Hall–Kier alpha value is -1.51. The molecule has 15 heavy (non-hydrogen) atoms. The predicted octanol–water partition coefficient (Wildman–Crippen LogP) is 2.07. The molecule has 1 aromatic carbocycles. The number of phenols is 1. The van der Waals surface area contributed by atoms with E-state index in [4.69, 9.17) is 5.11 Å². The maximum absolute atomic E-state index is 11.1. The van der Waals surface area contributed by atoms with Crippen molar-refractivity contribution in [1.29, 1.82) is 0 Å². The first-order valence-electron chi connectivity index (χ1n) is 5.16. The fraction of sp³-hybridized carbons (Fsp3) is 0.417. The number of hydrogen-bond acceptors (Lipinski definition) is 2. The van der Waals surface area contributed by atoms with Crippen LogP contribution < -0.4 is 0 Å². The molecule has 0 unspecified atom stereocenters. The van der Waals surface area contributed by atoms with Gasteiger partial charge in [-0.3, -0.25) is 4.79 Å². The maximum Gasteiger partial charge on any atom is 0.314 e. The molecular formula is C12H14O3. The molecule has 0 saturated heterocycles. The van der Waals surface area contributed by atoms with Gasteiger partial charge < -0.3 is 10.2 Å². The molecule has 0 heterocycles. The number of para-hydroxylation sites is 1. The first kappa shape index (κ1) is 10.0. The molecule has 0 radical (unpaired) electrons. The van der Waals surface area contributed by atoms with Crippen LogP contribution in [0.3, 0.4) is 0 Å². The van der Waals surface area contributed by atoms with Gasteiger partial charge in [0.05, 0.1) is 5.41 Å². The smallest absolute Gasteiger partial charge is 0.314 e. The van der Waals surface area contributed by atoms with Crippen LogP contribution in [0.1, 0.15) is 30.9 Å². The molecule has 2 N–H and O–H groups in total. The van der Waals surface area contributed by atoms with E-state index in [1.807, 2.05) is 19.1 Å². The van der Waals surface area contributed by atoms with E-state index in [-0.39, 0.29) is 5.75 Å². The summed E-state index contributed by atoms with van der Waals surface area (Å²) in [4.78, 5) is 11.1. The Balaban J connectivity index is 2.50. The lowest BCUT2D eigenvalue weighted by Crippen LogP contribution is -2.19. The summed E-state index contributed by atoms with van der Waals surface area (Å²) in [5.41, 5.74) is 0.587. The fourth-order valence-corrected chi connectivity index (χ4v) is 1.99. The molecule has 0 amide bonds. The largest absolute Gasteiger partial charge is 0.507 e. The number of aliphatic carboxylic acids is 1. The van der Waals surface area contributed by atoms with Crippen LogP contribution in [0.2, 0.25) is 0 Å². The molecule has 0 aliphatic heterocycles. The van der Waals surface area contributed by atoms with Gasteiger partial charge in [-0.05, 0) is 24.8 Å². The van der Waals surface area contributed by atoms with Crippen LogP contribution in [0.15, 0.2) is 18.2 Å². The van der Waals surface area contributed by atoms with Crippen molar-refractivity contribution in [2.24, 2.45) is 0 Å². The molecule has 1 aliphatic rings. The van der Waals surface area contributed by atoms with Crippen LogP contribution in [0, 0.1) is 0 Å². The summed E-state index contributed by atoms with van der Waals surface area (Å²) in [6.45, 7) is 1.94. The Morgan fingerprint density at radius 1 is 1.47 bits per heavy atom. The molecule has 1 aliphatic carbocycles. The van der Waals surface area contributed by atoms with Crippen molar-refractivity contribution in [3.05, 3.63) is 29.3 Å². The summed E-state index contributed by atoms with van der Waals surface area (Å²) in [6, 6.07) is 5.36. The van der Waals surface area contributed by atoms with Crippen molar-refractivity contribution in [2.75, 3.05) is 0 Å². The zero-order valence-electron chi connectivity index (χ0n) is 8.66. The Bertz CT molecular complexity index is 405. The highest BCUT2D eigenvalue weighted by Gasteiger charge is 2.53. The second-order valence-corrected chi connectivity index (χ2v) is 4.05. The minimum absolute atomic E-state index is 0.167. The van der Waals surface area contributed by atoms with E-state index in [1.165, 1.54) is 0 Å². The molecule has 1 fully saturated rings. The van der Waals surface area contributed by atoms with Crippen LogP contribution in [0.4, 0.5) is 0 Å². The summed E-state index contributed by atoms with van der Waals surface area (Å²) in [5, 5.41) is 19.1. The van der Waals surface area contributed by atoms with Gasteiger partial charge in [0, 0.05) is 5.56 Å². The molecule has 2 rings (SSSR count). The number of hydrogen-bond donors (Lipinski definition) is 2. The quantitative estimate of drug-likeness (QED) is 0.796. The maximum atomic E-state index is 11.1. The molecule has 1 saturated carbocycles. The second-order valence-electron chi connectivity index (χ2n) is 4.05. The first-order valence-corrected chi connectivity index (χ1v) is 5.16. The highest BCUT2D eigenvalue weighted by molar-refractivity contribution is 5.86. The standard InChI is InChI=1S/C12H14O3/c1-2-8-4-3-5-9(10(8)13)12(6-7-12)11(14)15/h3-5,13H,2,6-7H2,1H3,(H,14,15). The molecule has 0 spiro atoms. The summed E-state index contributed by atoms with van der Waals surface area (Å²) >= 11 is 0. The lowest BCUT2D eigenvalue weighted by atomic mass is 9.92. The third kappa shape index (κ3) is 1.39. The van der Waals surface area contributed by atoms with E-state index in [1.54, 1.807) is 6.07 Å². The van der Waals surface area contributed by atoms with E-state index in [0.717, 1.165) is 12.0 Å². The van der Waals surface area contributed by atoms with E-state index in [9.17, 15) is 9.90 Å². The van der Waals surface area contributed by atoms with Gasteiger partial charge in [-0.1, -0.05) is 25.1 Å². The third-order valence-corrected chi connectivity index (χ3v) is 3.18. The first-order chi connectivity index (χ1) is 7.12. The number of benzene rings is 1. The summed E-state index contributed by atoms with van der Waals surface area (Å²) in [5.74, 6) is -0.661. The van der Waals surface area contributed by atoms with E-state index in [0.29, 0.717) is 18.4 Å². The van der Waals surface area contributed by atoms with Gasteiger partial charge in [0.25, 0.3) is 0 Å². The van der Waals surface area contributed by atoms with Crippen molar-refractivity contribution >= 4 is 5.97 Å². The van der Waals surface area contributed by atoms with Gasteiger partial charge in [-0.2, -0.15) is 0 Å². The molecule has 0 aromatic heterocycles. The Morgan fingerprint density at radius 2 is 2.13 bits per heavy atom. The van der Waals surface area contributed by atoms with Crippen molar-refractivity contribution < 1.29 is 15.0 Å². The molecule has 1 aromatic rings. The average Bonchev–Trinajstić information content (AvgIpc) is 2.99. The zero-order valence-corrected chi connectivity index (χ0v) is 8.66. The van der Waals surface area contributed by atoms with Crippen molar-refractivity contribution in [3.63, 3.8) is 0 Å². The number of aryl methyl sites for hydroxylation is 1. The van der Waals surface area contributed by atoms with Crippen LogP contribution in [-0.4, -0.2) is 16.2 Å². The molecule has 3 nitrogen and oxygen atoms in total. The lowest BCUT2D eigenvalue weighted by molar-refractivity contribution is -0.140. The van der Waals surface area contributed by atoms with Gasteiger partial charge in [-0.25, -0.2) is 0 Å². The van der Waals surface area contributed by atoms with Gasteiger partial charge in [-0.15, -0.1) is 0 Å². The Labute approximate surface area is 88.4 Å². The number of rotatable bonds is 3. The summed E-state index contributed by atoms with van der Waals surface area (Å²) in [7, 11) is 0. The molecule has 0 atom stereocenters. The summed E-state index contributed by atoms with van der Waals surface area (Å²) < 4.78 is 0. The predicted molar refractivity (Wildman–Crippen MR) is 56.0 cm³/mol. The van der Waals surface area contributed by atoms with Crippen molar-refractivity contribution in [1.82, 2.24) is 0 Å². The number of aromatic hydroxyl groups is 1. The number of phenolic OH excluding ortho intramolecular Hbond substituents is 1. The third-order valence-electron chi connectivity index (χ3n) is 3.18. The summed E-state index contributed by atoms with van der Waals surface area (Å²) in [6.07, 6.45) is 1.97. The van der Waals surface area contributed by atoms with E-state index in [2.05, 4.69) is 0 Å². The normalized spacial score (nSPS) is 17.4. The highest BCUT2D eigenvalue weighted by atomic mass is 16.4. The fourth-order valence-electron chi connectivity index (χ4n) is 1.99. The van der Waals surface area contributed by atoms with Gasteiger partial charge in [0.15, 0.2) is 0 Å². The van der Waals surface area contributed by atoms with Crippen molar-refractivity contribution in [2.45, 2.75) is 31.6 Å². The monoisotopic (exact) mass is 206 g/mol. The van der Waals surface area contributed by atoms with E-state index >= 15 is 0 Å². The number of carboxylic acids is 1. The van der Waals surface area contributed by atoms with Gasteiger partial charge >= 0.3 is 5.97 Å². The second kappa shape index (κ2) is 3.26. The van der Waals surface area contributed by atoms with Crippen LogP contribution in [-0.2, 0) is 16.6 Å². The zero-order chi connectivity index (χ0) is 11.1. The van der Waals surface area contributed by atoms with Crippen LogP contribution in [0.25, 0.3) is 0 Å². The van der Waals surface area contributed by atoms with E-state index < -0.39 is 11.4 Å². The molecule has 80 valence electrons. The van der Waals surface area contributed by atoms with Gasteiger partial charge in [0.2, 0.25) is 0 Å². The Morgan fingerprint density at radius 3 is 2.60 bits per heavy atom. The van der Waals surface area contributed by atoms with Crippen LogP contribution in [0.5, 0.6) is 5.75 Å². The Kier molecular flexibility index (Phi) is 2.18. The minimum Gasteiger partial charge on any atom is -0.507 e. The number of carbonyl (C=O) groups is 1. The average molecular weight is 206 g/mol. The SMILES string of the molecule is CCc1cccc(C2(C(=O)O)CC2)c1O. The molecule has 0 bridgehead atoms. The van der Waals surface area contributed by atoms with Crippen molar-refractivity contribution in [3.8, 4) is 5.75 Å². The van der Waals surface area contributed by atoms with Gasteiger partial charge in [0.1, 0.15) is 5.75 Å².